The summed E-state index contributed by atoms with van der Waals surface area (Å²) in [7, 11) is -3.26. The summed E-state index contributed by atoms with van der Waals surface area (Å²) < 4.78 is 35.0. The quantitative estimate of drug-likeness (QED) is 0.409. The zero-order chi connectivity index (χ0) is 16.7. The first-order valence-electron chi connectivity index (χ1n) is 7.63. The van der Waals surface area contributed by atoms with Crippen molar-refractivity contribution in [2.24, 2.45) is 0 Å². The van der Waals surface area contributed by atoms with E-state index in [9.17, 15) is 18.5 Å². The number of nitro groups is 1. The highest BCUT2D eigenvalue weighted by Crippen LogP contribution is 2.16. The molecule has 0 radical (unpaired) electrons. The molecule has 0 spiro atoms. The van der Waals surface area contributed by atoms with Gasteiger partial charge in [0.25, 0.3) is 5.69 Å². The average molecular weight is 343 g/mol. The van der Waals surface area contributed by atoms with Crippen LogP contribution in [0.1, 0.15) is 31.2 Å². The molecule has 23 heavy (non-hydrogen) atoms. The summed E-state index contributed by atoms with van der Waals surface area (Å²) in [5, 5.41) is 10.6. The van der Waals surface area contributed by atoms with E-state index in [4.69, 9.17) is 9.47 Å². The molecule has 1 aromatic rings. The molecular formula is C15H21NO6S. The highest BCUT2D eigenvalue weighted by Gasteiger charge is 2.16. The van der Waals surface area contributed by atoms with Crippen molar-refractivity contribution < 1.29 is 22.8 Å². The van der Waals surface area contributed by atoms with Gasteiger partial charge in [-0.1, -0.05) is 12.1 Å². The Labute approximate surface area is 135 Å². The monoisotopic (exact) mass is 343 g/mol. The molecule has 0 bridgehead atoms. The number of nitrogens with zero attached hydrogens (tertiary/aromatic N) is 1. The van der Waals surface area contributed by atoms with Crippen molar-refractivity contribution in [2.45, 2.75) is 37.7 Å². The molecule has 1 aliphatic heterocycles. The molecule has 7 nitrogen and oxygen atoms in total. The zero-order valence-electron chi connectivity index (χ0n) is 12.8. The number of sulfone groups is 1. The molecule has 0 saturated carbocycles. The third kappa shape index (κ3) is 6.25. The number of benzene rings is 1. The van der Waals surface area contributed by atoms with Crippen LogP contribution in [0.2, 0.25) is 0 Å². The van der Waals surface area contributed by atoms with Crippen molar-refractivity contribution in [2.75, 3.05) is 19.0 Å². The van der Waals surface area contributed by atoms with E-state index in [-0.39, 0.29) is 23.5 Å². The topological polar surface area (TPSA) is 95.7 Å². The lowest BCUT2D eigenvalue weighted by Crippen LogP contribution is -2.23. The standard InChI is InChI=1S/C15H21NO6S/c17-16(18)14-7-5-13(6-8-14)12-23(19,20)11-3-10-22-15-4-1-2-9-21-15/h5-8,15H,1-4,9-12H2. The summed E-state index contributed by atoms with van der Waals surface area (Å²) in [6.07, 6.45) is 3.18. The summed E-state index contributed by atoms with van der Waals surface area (Å²) in [6, 6.07) is 5.58. The van der Waals surface area contributed by atoms with Gasteiger partial charge in [0.1, 0.15) is 0 Å². The van der Waals surface area contributed by atoms with Crippen LogP contribution in [0.3, 0.4) is 0 Å². The molecular weight excluding hydrogens is 322 g/mol. The lowest BCUT2D eigenvalue weighted by atomic mass is 10.2. The van der Waals surface area contributed by atoms with Crippen molar-refractivity contribution in [3.05, 3.63) is 39.9 Å². The fourth-order valence-corrected chi connectivity index (χ4v) is 3.78. The van der Waals surface area contributed by atoms with Gasteiger partial charge in [-0.2, -0.15) is 0 Å². The molecule has 1 heterocycles. The molecule has 1 aromatic carbocycles. The second-order valence-corrected chi connectivity index (χ2v) is 7.72. The number of hydrogen-bond donors (Lipinski definition) is 0. The Hall–Kier alpha value is -1.51. The van der Waals surface area contributed by atoms with E-state index in [1.807, 2.05) is 0 Å². The Kier molecular flexibility index (Phi) is 6.49. The van der Waals surface area contributed by atoms with E-state index >= 15 is 0 Å². The predicted molar refractivity (Wildman–Crippen MR) is 84.7 cm³/mol. The molecule has 0 N–H and O–H groups in total. The van der Waals surface area contributed by atoms with Gasteiger partial charge in [-0.15, -0.1) is 0 Å². The molecule has 0 aliphatic carbocycles. The highest BCUT2D eigenvalue weighted by atomic mass is 32.2. The maximum absolute atomic E-state index is 12.0. The van der Waals surface area contributed by atoms with E-state index in [0.717, 1.165) is 19.3 Å². The van der Waals surface area contributed by atoms with Gasteiger partial charge in [-0.05, 0) is 31.2 Å². The molecule has 1 atom stereocenters. The number of nitro benzene ring substituents is 1. The molecule has 1 saturated heterocycles. The van der Waals surface area contributed by atoms with Crippen LogP contribution in [-0.2, 0) is 25.1 Å². The van der Waals surface area contributed by atoms with Crippen molar-refractivity contribution in [1.82, 2.24) is 0 Å². The fourth-order valence-electron chi connectivity index (χ4n) is 2.38. The van der Waals surface area contributed by atoms with Gasteiger partial charge in [0.2, 0.25) is 0 Å². The van der Waals surface area contributed by atoms with Crippen molar-refractivity contribution in [1.29, 1.82) is 0 Å². The van der Waals surface area contributed by atoms with E-state index in [1.54, 1.807) is 0 Å². The van der Waals surface area contributed by atoms with Crippen LogP contribution in [0.4, 0.5) is 5.69 Å². The molecule has 128 valence electrons. The zero-order valence-corrected chi connectivity index (χ0v) is 13.7. The Bertz CT molecular complexity index is 607. The van der Waals surface area contributed by atoms with Crippen molar-refractivity contribution in [3.8, 4) is 0 Å². The minimum atomic E-state index is -3.26. The molecule has 0 aromatic heterocycles. The molecule has 1 fully saturated rings. The lowest BCUT2D eigenvalue weighted by Gasteiger charge is -2.22. The van der Waals surface area contributed by atoms with Crippen LogP contribution >= 0.6 is 0 Å². The van der Waals surface area contributed by atoms with Gasteiger partial charge in [0, 0.05) is 18.7 Å². The second-order valence-electron chi connectivity index (χ2n) is 5.54. The van der Waals surface area contributed by atoms with Crippen LogP contribution in [0.25, 0.3) is 0 Å². The summed E-state index contributed by atoms with van der Waals surface area (Å²) in [6.45, 7) is 1.05. The van der Waals surface area contributed by atoms with Crippen LogP contribution in [0.15, 0.2) is 24.3 Å². The highest BCUT2D eigenvalue weighted by molar-refractivity contribution is 7.90. The van der Waals surface area contributed by atoms with Crippen LogP contribution in [-0.4, -0.2) is 38.6 Å². The largest absolute Gasteiger partial charge is 0.353 e. The SMILES string of the molecule is O=[N+]([O-])c1ccc(CS(=O)(=O)CCCOC2CCCCO2)cc1. The molecule has 8 heteroatoms. The number of ether oxygens (including phenoxy) is 2. The smallest absolute Gasteiger partial charge is 0.269 e. The van der Waals surface area contributed by atoms with Crippen molar-refractivity contribution >= 4 is 15.5 Å². The van der Waals surface area contributed by atoms with Crippen LogP contribution in [0, 0.1) is 10.1 Å². The Balaban J connectivity index is 1.74. The number of hydrogen-bond acceptors (Lipinski definition) is 6. The molecule has 0 amide bonds. The van der Waals surface area contributed by atoms with Gasteiger partial charge in [-0.25, -0.2) is 8.42 Å². The molecule has 1 aliphatic rings. The van der Waals surface area contributed by atoms with Gasteiger partial charge >= 0.3 is 0 Å². The normalized spacial score (nSPS) is 18.7. The van der Waals surface area contributed by atoms with Crippen LogP contribution < -0.4 is 0 Å². The maximum atomic E-state index is 12.0. The number of non-ortho nitro benzene ring substituents is 1. The Morgan fingerprint density at radius 3 is 2.61 bits per heavy atom. The Morgan fingerprint density at radius 2 is 2.00 bits per heavy atom. The summed E-state index contributed by atoms with van der Waals surface area (Å²) in [5.74, 6) is -0.0956. The van der Waals surface area contributed by atoms with Crippen LogP contribution in [0.5, 0.6) is 0 Å². The third-order valence-corrected chi connectivity index (χ3v) is 5.26. The van der Waals surface area contributed by atoms with Gasteiger partial charge in [0.15, 0.2) is 16.1 Å². The first-order chi connectivity index (χ1) is 11.0. The number of rotatable bonds is 8. The lowest BCUT2D eigenvalue weighted by molar-refractivity contribution is -0.384. The molecule has 1 unspecified atom stereocenters. The second kappa shape index (κ2) is 8.37. The molecule has 2 rings (SSSR count). The van der Waals surface area contributed by atoms with Gasteiger partial charge in [-0.3, -0.25) is 10.1 Å². The van der Waals surface area contributed by atoms with Gasteiger partial charge in [0.05, 0.1) is 23.0 Å². The summed E-state index contributed by atoms with van der Waals surface area (Å²) in [4.78, 5) is 10.1. The Morgan fingerprint density at radius 1 is 1.26 bits per heavy atom. The maximum Gasteiger partial charge on any atom is 0.269 e. The first kappa shape index (κ1) is 17.8. The van der Waals surface area contributed by atoms with E-state index < -0.39 is 14.8 Å². The summed E-state index contributed by atoms with van der Waals surface area (Å²) >= 11 is 0. The minimum absolute atomic E-state index is 0.0245. The first-order valence-corrected chi connectivity index (χ1v) is 9.45. The average Bonchev–Trinajstić information content (AvgIpc) is 2.53. The van der Waals surface area contributed by atoms with Gasteiger partial charge < -0.3 is 9.47 Å². The fraction of sp³-hybridized carbons (Fsp3) is 0.600. The van der Waals surface area contributed by atoms with E-state index in [1.165, 1.54) is 24.3 Å². The van der Waals surface area contributed by atoms with E-state index in [2.05, 4.69) is 0 Å². The third-order valence-electron chi connectivity index (χ3n) is 3.58. The van der Waals surface area contributed by atoms with Crippen molar-refractivity contribution in [3.63, 3.8) is 0 Å². The van der Waals surface area contributed by atoms with E-state index in [0.29, 0.717) is 25.2 Å². The predicted octanol–water partition coefficient (Wildman–Crippen LogP) is 2.44. The summed E-state index contributed by atoms with van der Waals surface area (Å²) in [5.41, 5.74) is 0.499. The minimum Gasteiger partial charge on any atom is -0.353 e.